The molecule has 8 heteroatoms. The molecule has 1 aromatic carbocycles. The largest absolute Gasteiger partial charge is 0.472 e. The molecule has 118 valence electrons. The van der Waals surface area contributed by atoms with E-state index in [1.54, 1.807) is 17.2 Å². The molecule has 0 bridgehead atoms. The standard InChI is InChI=1S/C14H14F3N3O2/c1-20(2)11-6-13(19-18-7-11)21-8-9-5-10(15)3-4-12(9)22-14(16)17/h3-7,14H,8H2,1-2H3. The lowest BCUT2D eigenvalue weighted by Crippen LogP contribution is -2.10. The number of ether oxygens (including phenoxy) is 2. The Morgan fingerprint density at radius 3 is 2.68 bits per heavy atom. The molecule has 0 N–H and O–H groups in total. The molecule has 0 saturated carbocycles. The molecule has 1 aromatic heterocycles. The summed E-state index contributed by atoms with van der Waals surface area (Å²) in [6.45, 7) is -3.17. The predicted octanol–water partition coefficient (Wildman–Crippen LogP) is 2.86. The van der Waals surface area contributed by atoms with Gasteiger partial charge in [-0.05, 0) is 18.2 Å². The lowest BCUT2D eigenvalue weighted by atomic mass is 10.2. The van der Waals surface area contributed by atoms with Gasteiger partial charge in [-0.15, -0.1) is 5.10 Å². The van der Waals surface area contributed by atoms with E-state index >= 15 is 0 Å². The number of nitrogens with zero attached hydrogens (tertiary/aromatic N) is 3. The molecule has 2 aromatic rings. The van der Waals surface area contributed by atoms with E-state index in [1.165, 1.54) is 0 Å². The van der Waals surface area contributed by atoms with Crippen LogP contribution in [0.5, 0.6) is 11.6 Å². The topological polar surface area (TPSA) is 47.5 Å². The van der Waals surface area contributed by atoms with E-state index in [0.717, 1.165) is 23.9 Å². The number of benzene rings is 1. The van der Waals surface area contributed by atoms with Gasteiger partial charge in [0.15, 0.2) is 0 Å². The third-order valence-corrected chi connectivity index (χ3v) is 2.75. The third-order valence-electron chi connectivity index (χ3n) is 2.75. The van der Waals surface area contributed by atoms with Gasteiger partial charge in [0.2, 0.25) is 5.88 Å². The molecule has 0 saturated heterocycles. The summed E-state index contributed by atoms with van der Waals surface area (Å²) >= 11 is 0. The number of anilines is 1. The van der Waals surface area contributed by atoms with Crippen LogP contribution in [0.4, 0.5) is 18.9 Å². The maximum absolute atomic E-state index is 13.2. The van der Waals surface area contributed by atoms with Gasteiger partial charge >= 0.3 is 6.61 Å². The van der Waals surface area contributed by atoms with Crippen molar-refractivity contribution in [1.82, 2.24) is 10.2 Å². The first-order valence-corrected chi connectivity index (χ1v) is 6.32. The minimum absolute atomic E-state index is 0.145. The zero-order valence-corrected chi connectivity index (χ0v) is 12.0. The van der Waals surface area contributed by atoms with Crippen LogP contribution in [0, 0.1) is 5.82 Å². The summed E-state index contributed by atoms with van der Waals surface area (Å²) < 4.78 is 47.6. The third kappa shape index (κ3) is 4.24. The highest BCUT2D eigenvalue weighted by molar-refractivity contribution is 5.44. The summed E-state index contributed by atoms with van der Waals surface area (Å²) in [6.07, 6.45) is 1.54. The van der Waals surface area contributed by atoms with Crippen molar-refractivity contribution >= 4 is 5.69 Å². The second-order valence-electron chi connectivity index (χ2n) is 4.57. The molecule has 0 spiro atoms. The highest BCUT2D eigenvalue weighted by Gasteiger charge is 2.12. The van der Waals surface area contributed by atoms with Gasteiger partial charge in [0.25, 0.3) is 0 Å². The minimum Gasteiger partial charge on any atom is -0.472 e. The molecular formula is C14H14F3N3O2. The molecular weight excluding hydrogens is 299 g/mol. The van der Waals surface area contributed by atoms with Crippen LogP contribution in [0.3, 0.4) is 0 Å². The number of rotatable bonds is 6. The Kier molecular flexibility index (Phi) is 5.03. The van der Waals surface area contributed by atoms with Crippen LogP contribution in [0.1, 0.15) is 5.56 Å². The van der Waals surface area contributed by atoms with Gasteiger partial charge in [-0.1, -0.05) is 0 Å². The van der Waals surface area contributed by atoms with Crippen molar-refractivity contribution in [2.45, 2.75) is 13.2 Å². The first kappa shape index (κ1) is 15.9. The number of hydrogen-bond acceptors (Lipinski definition) is 5. The quantitative estimate of drug-likeness (QED) is 0.820. The Labute approximate surface area is 125 Å². The van der Waals surface area contributed by atoms with Crippen LogP contribution in [-0.4, -0.2) is 30.9 Å². The van der Waals surface area contributed by atoms with Crippen molar-refractivity contribution in [2.24, 2.45) is 0 Å². The number of hydrogen-bond donors (Lipinski definition) is 0. The van der Waals surface area contributed by atoms with Gasteiger partial charge in [0.05, 0.1) is 11.9 Å². The molecule has 0 unspecified atom stereocenters. The molecule has 1 heterocycles. The maximum atomic E-state index is 13.2. The van der Waals surface area contributed by atoms with Crippen molar-refractivity contribution in [3.63, 3.8) is 0 Å². The number of alkyl halides is 2. The molecule has 0 aliphatic carbocycles. The molecule has 0 atom stereocenters. The Morgan fingerprint density at radius 2 is 2.00 bits per heavy atom. The molecule has 0 aliphatic heterocycles. The van der Waals surface area contributed by atoms with Gasteiger partial charge in [-0.2, -0.15) is 13.9 Å². The Morgan fingerprint density at radius 1 is 1.23 bits per heavy atom. The molecule has 5 nitrogen and oxygen atoms in total. The highest BCUT2D eigenvalue weighted by atomic mass is 19.3. The molecule has 0 aliphatic rings. The number of halogens is 3. The Hall–Kier alpha value is -2.51. The van der Waals surface area contributed by atoms with E-state index in [1.807, 2.05) is 14.1 Å². The van der Waals surface area contributed by atoms with Crippen molar-refractivity contribution in [2.75, 3.05) is 19.0 Å². The maximum Gasteiger partial charge on any atom is 0.387 e. The lowest BCUT2D eigenvalue weighted by molar-refractivity contribution is -0.0509. The first-order chi connectivity index (χ1) is 10.5. The fourth-order valence-electron chi connectivity index (χ4n) is 1.68. The smallest absolute Gasteiger partial charge is 0.387 e. The summed E-state index contributed by atoms with van der Waals surface area (Å²) in [5.41, 5.74) is 0.908. The summed E-state index contributed by atoms with van der Waals surface area (Å²) in [5.74, 6) is -0.528. The summed E-state index contributed by atoms with van der Waals surface area (Å²) in [4.78, 5) is 1.80. The van der Waals surface area contributed by atoms with Crippen molar-refractivity contribution in [3.8, 4) is 11.6 Å². The van der Waals surface area contributed by atoms with Gasteiger partial charge in [-0.25, -0.2) is 4.39 Å². The molecule has 0 amide bonds. The van der Waals surface area contributed by atoms with E-state index in [0.29, 0.717) is 0 Å². The zero-order valence-electron chi connectivity index (χ0n) is 12.0. The highest BCUT2D eigenvalue weighted by Crippen LogP contribution is 2.24. The monoisotopic (exact) mass is 313 g/mol. The van der Waals surface area contributed by atoms with E-state index in [-0.39, 0.29) is 23.8 Å². The van der Waals surface area contributed by atoms with Crippen molar-refractivity contribution < 1.29 is 22.6 Å². The molecule has 0 radical (unpaired) electrons. The summed E-state index contributed by atoms with van der Waals surface area (Å²) in [6, 6.07) is 4.86. The SMILES string of the molecule is CN(C)c1cnnc(OCc2cc(F)ccc2OC(F)F)c1. The second-order valence-corrected chi connectivity index (χ2v) is 4.57. The van der Waals surface area contributed by atoms with E-state index in [2.05, 4.69) is 14.9 Å². The van der Waals surface area contributed by atoms with Crippen LogP contribution in [0.15, 0.2) is 30.5 Å². The van der Waals surface area contributed by atoms with E-state index in [4.69, 9.17) is 4.74 Å². The lowest BCUT2D eigenvalue weighted by Gasteiger charge is -2.14. The fourth-order valence-corrected chi connectivity index (χ4v) is 1.68. The number of aromatic nitrogens is 2. The first-order valence-electron chi connectivity index (χ1n) is 6.32. The van der Waals surface area contributed by atoms with Crippen LogP contribution < -0.4 is 14.4 Å². The zero-order chi connectivity index (χ0) is 16.1. The minimum atomic E-state index is -3.00. The van der Waals surface area contributed by atoms with Gasteiger partial charge < -0.3 is 14.4 Å². The average Bonchev–Trinajstić information content (AvgIpc) is 2.47. The Bertz CT molecular complexity index is 638. The van der Waals surface area contributed by atoms with Crippen LogP contribution in [0.2, 0.25) is 0 Å². The van der Waals surface area contributed by atoms with Crippen molar-refractivity contribution in [1.29, 1.82) is 0 Å². The second kappa shape index (κ2) is 6.97. The van der Waals surface area contributed by atoms with Gasteiger partial charge in [0.1, 0.15) is 18.2 Å². The molecule has 22 heavy (non-hydrogen) atoms. The molecule has 0 fully saturated rings. The summed E-state index contributed by atoms with van der Waals surface area (Å²) in [5, 5.41) is 7.53. The van der Waals surface area contributed by atoms with Crippen LogP contribution in [-0.2, 0) is 6.61 Å². The normalized spacial score (nSPS) is 10.6. The fraction of sp³-hybridized carbons (Fsp3) is 0.286. The van der Waals surface area contributed by atoms with Crippen LogP contribution in [0.25, 0.3) is 0 Å². The molecule has 2 rings (SSSR count). The van der Waals surface area contributed by atoms with E-state index < -0.39 is 12.4 Å². The van der Waals surface area contributed by atoms with Crippen LogP contribution >= 0.6 is 0 Å². The van der Waals surface area contributed by atoms with Crippen molar-refractivity contribution in [3.05, 3.63) is 41.8 Å². The Balaban J connectivity index is 2.13. The average molecular weight is 313 g/mol. The summed E-state index contributed by atoms with van der Waals surface area (Å²) in [7, 11) is 3.64. The van der Waals surface area contributed by atoms with Gasteiger partial charge in [0, 0.05) is 25.7 Å². The predicted molar refractivity (Wildman–Crippen MR) is 73.7 cm³/mol. The van der Waals surface area contributed by atoms with Gasteiger partial charge in [-0.3, -0.25) is 0 Å². The van der Waals surface area contributed by atoms with E-state index in [9.17, 15) is 13.2 Å².